The second-order valence-corrected chi connectivity index (χ2v) is 5.30. The van der Waals surface area contributed by atoms with Crippen molar-refractivity contribution in [3.8, 4) is 5.75 Å². The molecule has 0 spiro atoms. The number of nitrogens with zero attached hydrogens (tertiary/aromatic N) is 2. The fraction of sp³-hybridized carbons (Fsp3) is 0.294. The van der Waals surface area contributed by atoms with Gasteiger partial charge in [-0.25, -0.2) is 4.79 Å². The van der Waals surface area contributed by atoms with Crippen molar-refractivity contribution in [2.75, 3.05) is 19.0 Å². The van der Waals surface area contributed by atoms with Crippen LogP contribution in [0.15, 0.2) is 48.8 Å². The van der Waals surface area contributed by atoms with Crippen molar-refractivity contribution in [2.24, 2.45) is 0 Å². The van der Waals surface area contributed by atoms with Gasteiger partial charge in [-0.1, -0.05) is 12.1 Å². The smallest absolute Gasteiger partial charge is 0.322 e. The minimum Gasteiger partial charge on any atom is -0.497 e. The van der Waals surface area contributed by atoms with Crippen LogP contribution in [0.1, 0.15) is 24.4 Å². The highest BCUT2D eigenvalue weighted by Crippen LogP contribution is 2.33. The molecule has 0 aliphatic carbocycles. The molecule has 1 aromatic heterocycles. The van der Waals surface area contributed by atoms with E-state index in [1.54, 1.807) is 25.6 Å². The molecule has 2 aromatic rings. The Hall–Kier alpha value is -2.56. The maximum Gasteiger partial charge on any atom is 0.322 e. The predicted octanol–water partition coefficient (Wildman–Crippen LogP) is 3.46. The van der Waals surface area contributed by atoms with Gasteiger partial charge >= 0.3 is 6.03 Å². The van der Waals surface area contributed by atoms with Gasteiger partial charge in [-0.05, 0) is 42.7 Å². The largest absolute Gasteiger partial charge is 0.497 e. The van der Waals surface area contributed by atoms with Crippen LogP contribution in [-0.4, -0.2) is 29.6 Å². The predicted molar refractivity (Wildman–Crippen MR) is 84.9 cm³/mol. The number of benzene rings is 1. The number of pyridine rings is 1. The van der Waals surface area contributed by atoms with E-state index >= 15 is 0 Å². The number of likely N-dealkylation sites (tertiary alicyclic amines) is 1. The lowest BCUT2D eigenvalue weighted by molar-refractivity contribution is 0.207. The van der Waals surface area contributed by atoms with Crippen LogP contribution in [0.25, 0.3) is 0 Å². The van der Waals surface area contributed by atoms with Gasteiger partial charge < -0.3 is 15.0 Å². The molecule has 114 valence electrons. The average molecular weight is 297 g/mol. The standard InChI is InChI=1S/C17H19N3O2/c1-22-15-7-2-5-13(11-15)16-8-4-10-20(16)17(21)19-14-6-3-9-18-12-14/h2-3,5-7,9,11-12,16H,4,8,10H2,1H3,(H,19,21). The number of hydrogen-bond acceptors (Lipinski definition) is 3. The monoisotopic (exact) mass is 297 g/mol. The number of nitrogens with one attached hydrogen (secondary N) is 1. The lowest BCUT2D eigenvalue weighted by Gasteiger charge is -2.25. The summed E-state index contributed by atoms with van der Waals surface area (Å²) in [4.78, 5) is 18.4. The Morgan fingerprint density at radius 1 is 1.36 bits per heavy atom. The van der Waals surface area contributed by atoms with Crippen molar-refractivity contribution in [2.45, 2.75) is 18.9 Å². The van der Waals surface area contributed by atoms with Gasteiger partial charge in [0.25, 0.3) is 0 Å². The van der Waals surface area contributed by atoms with Crippen LogP contribution in [0, 0.1) is 0 Å². The Bertz CT molecular complexity index is 645. The number of rotatable bonds is 3. The Labute approximate surface area is 129 Å². The summed E-state index contributed by atoms with van der Waals surface area (Å²) in [5, 5.41) is 2.91. The third kappa shape index (κ3) is 3.03. The van der Waals surface area contributed by atoms with Gasteiger partial charge in [0.05, 0.1) is 25.0 Å². The molecule has 5 nitrogen and oxygen atoms in total. The summed E-state index contributed by atoms with van der Waals surface area (Å²) in [6.45, 7) is 0.758. The number of ether oxygens (including phenoxy) is 1. The molecule has 1 aliphatic rings. The van der Waals surface area contributed by atoms with Crippen LogP contribution in [0.4, 0.5) is 10.5 Å². The highest BCUT2D eigenvalue weighted by molar-refractivity contribution is 5.89. The van der Waals surface area contributed by atoms with E-state index in [2.05, 4.69) is 10.3 Å². The molecule has 1 saturated heterocycles. The molecule has 0 bridgehead atoms. The van der Waals surface area contributed by atoms with E-state index in [1.165, 1.54) is 0 Å². The van der Waals surface area contributed by atoms with Crippen LogP contribution >= 0.6 is 0 Å². The number of carbonyl (C=O) groups excluding carboxylic acids is 1. The zero-order valence-corrected chi connectivity index (χ0v) is 12.5. The molecule has 1 atom stereocenters. The van der Waals surface area contributed by atoms with Crippen molar-refractivity contribution in [3.63, 3.8) is 0 Å². The number of carbonyl (C=O) groups is 1. The first-order valence-corrected chi connectivity index (χ1v) is 7.39. The Kier molecular flexibility index (Phi) is 4.23. The molecule has 1 aromatic carbocycles. The number of urea groups is 1. The second-order valence-electron chi connectivity index (χ2n) is 5.30. The van der Waals surface area contributed by atoms with Crippen LogP contribution < -0.4 is 10.1 Å². The van der Waals surface area contributed by atoms with Crippen molar-refractivity contribution in [3.05, 3.63) is 54.4 Å². The summed E-state index contributed by atoms with van der Waals surface area (Å²) in [7, 11) is 1.65. The second kappa shape index (κ2) is 6.47. The van der Waals surface area contributed by atoms with Gasteiger partial charge in [-0.2, -0.15) is 0 Å². The van der Waals surface area contributed by atoms with Gasteiger partial charge in [-0.3, -0.25) is 4.98 Å². The summed E-state index contributed by atoms with van der Waals surface area (Å²) in [6.07, 6.45) is 5.30. The third-order valence-corrected chi connectivity index (χ3v) is 3.91. The molecule has 2 amide bonds. The molecule has 3 rings (SSSR count). The van der Waals surface area contributed by atoms with Gasteiger partial charge in [0, 0.05) is 12.7 Å². The molecular formula is C17H19N3O2. The van der Waals surface area contributed by atoms with Gasteiger partial charge in [-0.15, -0.1) is 0 Å². The van der Waals surface area contributed by atoms with E-state index < -0.39 is 0 Å². The van der Waals surface area contributed by atoms with Crippen LogP contribution in [0.5, 0.6) is 5.75 Å². The van der Waals surface area contributed by atoms with Gasteiger partial charge in [0.1, 0.15) is 5.75 Å². The highest BCUT2D eigenvalue weighted by atomic mass is 16.5. The minimum absolute atomic E-state index is 0.0849. The summed E-state index contributed by atoms with van der Waals surface area (Å²) in [5.74, 6) is 0.817. The number of aromatic nitrogens is 1. The molecule has 1 unspecified atom stereocenters. The van der Waals surface area contributed by atoms with Crippen LogP contribution in [0.3, 0.4) is 0 Å². The summed E-state index contributed by atoms with van der Waals surface area (Å²) in [5.41, 5.74) is 1.82. The van der Waals surface area contributed by atoms with E-state index in [1.807, 2.05) is 35.2 Å². The Balaban J connectivity index is 1.76. The maximum absolute atomic E-state index is 12.5. The summed E-state index contributed by atoms with van der Waals surface area (Å²) >= 11 is 0. The summed E-state index contributed by atoms with van der Waals surface area (Å²) < 4.78 is 5.28. The van der Waals surface area contributed by atoms with Crippen molar-refractivity contribution in [1.82, 2.24) is 9.88 Å². The first kappa shape index (κ1) is 14.4. The molecule has 5 heteroatoms. The van der Waals surface area contributed by atoms with Crippen LogP contribution in [-0.2, 0) is 0 Å². The zero-order chi connectivity index (χ0) is 15.4. The number of anilines is 1. The van der Waals surface area contributed by atoms with Gasteiger partial charge in [0.2, 0.25) is 0 Å². The molecule has 1 aliphatic heterocycles. The average Bonchev–Trinajstić information content (AvgIpc) is 3.05. The molecule has 0 saturated carbocycles. The van der Waals surface area contributed by atoms with Crippen molar-refractivity contribution >= 4 is 11.7 Å². The first-order chi connectivity index (χ1) is 10.8. The highest BCUT2D eigenvalue weighted by Gasteiger charge is 2.30. The molecule has 22 heavy (non-hydrogen) atoms. The van der Waals surface area contributed by atoms with Gasteiger partial charge in [0.15, 0.2) is 0 Å². The minimum atomic E-state index is -0.0849. The lowest BCUT2D eigenvalue weighted by atomic mass is 10.0. The SMILES string of the molecule is COc1cccc(C2CCCN2C(=O)Nc2cccnc2)c1. The Morgan fingerprint density at radius 2 is 2.27 bits per heavy atom. The molecule has 1 N–H and O–H groups in total. The van der Waals surface area contributed by atoms with E-state index in [0.29, 0.717) is 5.69 Å². The normalized spacial score (nSPS) is 17.3. The topological polar surface area (TPSA) is 54.5 Å². The van der Waals surface area contributed by atoms with Crippen LogP contribution in [0.2, 0.25) is 0 Å². The molecule has 0 radical (unpaired) electrons. The maximum atomic E-state index is 12.5. The Morgan fingerprint density at radius 3 is 3.05 bits per heavy atom. The zero-order valence-electron chi connectivity index (χ0n) is 12.5. The fourth-order valence-electron chi connectivity index (χ4n) is 2.84. The summed E-state index contributed by atoms with van der Waals surface area (Å²) in [6, 6.07) is 11.6. The van der Waals surface area contributed by atoms with E-state index in [4.69, 9.17) is 4.74 Å². The molecular weight excluding hydrogens is 278 g/mol. The fourth-order valence-corrected chi connectivity index (χ4v) is 2.84. The third-order valence-electron chi connectivity index (χ3n) is 3.91. The number of amides is 2. The molecule has 2 heterocycles. The van der Waals surface area contributed by atoms with Crippen molar-refractivity contribution in [1.29, 1.82) is 0 Å². The van der Waals surface area contributed by atoms with E-state index in [9.17, 15) is 4.79 Å². The lowest BCUT2D eigenvalue weighted by Crippen LogP contribution is -2.34. The molecule has 1 fully saturated rings. The number of methoxy groups -OCH3 is 1. The first-order valence-electron chi connectivity index (χ1n) is 7.39. The van der Waals surface area contributed by atoms with E-state index in [0.717, 1.165) is 30.7 Å². The van der Waals surface area contributed by atoms with E-state index in [-0.39, 0.29) is 12.1 Å². The quantitative estimate of drug-likeness (QED) is 0.944. The number of hydrogen-bond donors (Lipinski definition) is 1. The van der Waals surface area contributed by atoms with Crippen molar-refractivity contribution < 1.29 is 9.53 Å².